The molecule has 0 amide bonds. The fraction of sp³-hybridized carbons (Fsp3) is 0.250. The molecule has 0 aliphatic heterocycles. The number of hydrogen-bond donors (Lipinski definition) is 0. The van der Waals surface area contributed by atoms with Gasteiger partial charge in [0.05, 0.1) is 17.1 Å². The van der Waals surface area contributed by atoms with E-state index in [0.29, 0.717) is 16.7 Å². The van der Waals surface area contributed by atoms with Crippen molar-refractivity contribution in [1.29, 1.82) is 0 Å². The van der Waals surface area contributed by atoms with Crippen LogP contribution in [0.2, 0.25) is 0 Å². The van der Waals surface area contributed by atoms with Gasteiger partial charge in [0.1, 0.15) is 24.0 Å². The zero-order chi connectivity index (χ0) is 24.2. The largest absolute Gasteiger partial charge is 0.489 e. The zero-order valence-electron chi connectivity index (χ0n) is 19.2. The average Bonchev–Trinajstić information content (AvgIpc) is 2.88. The predicted octanol–water partition coefficient (Wildman–Crippen LogP) is 6.81. The van der Waals surface area contributed by atoms with E-state index < -0.39 is 0 Å². The minimum Gasteiger partial charge on any atom is -0.489 e. The van der Waals surface area contributed by atoms with Crippen LogP contribution in [0.4, 0.5) is 4.39 Å². The van der Waals surface area contributed by atoms with E-state index in [1.807, 2.05) is 42.5 Å². The Labute approximate surface area is 211 Å². The first kappa shape index (κ1) is 23.4. The van der Waals surface area contributed by atoms with Gasteiger partial charge in [-0.1, -0.05) is 47.3 Å². The van der Waals surface area contributed by atoms with Crippen LogP contribution < -0.4 is 10.3 Å². The zero-order valence-corrected chi connectivity index (χ0v) is 20.7. The van der Waals surface area contributed by atoms with Crippen LogP contribution in [0.5, 0.6) is 5.75 Å². The van der Waals surface area contributed by atoms with Crippen molar-refractivity contribution in [2.45, 2.75) is 44.6 Å². The standard InChI is InChI=1S/C28H25BrFN3O2/c29-22-11-14-26-25(16-22)28(34)33(27(32-26)21-6-2-1-3-7-21)31-17-19-9-12-24(13-10-19)35-18-20-5-4-8-23(30)15-20/h4-5,8-17,21H,1-3,6-7,18H2. The van der Waals surface area contributed by atoms with E-state index in [2.05, 4.69) is 21.0 Å². The number of rotatable bonds is 6. The number of hydrogen-bond acceptors (Lipinski definition) is 4. The first-order valence-corrected chi connectivity index (χ1v) is 12.6. The smallest absolute Gasteiger partial charge is 0.282 e. The van der Waals surface area contributed by atoms with E-state index in [-0.39, 0.29) is 23.9 Å². The summed E-state index contributed by atoms with van der Waals surface area (Å²) in [5, 5.41) is 5.12. The summed E-state index contributed by atoms with van der Waals surface area (Å²) < 4.78 is 21.4. The summed E-state index contributed by atoms with van der Waals surface area (Å²) in [6.45, 7) is 0.281. The van der Waals surface area contributed by atoms with Gasteiger partial charge in [-0.2, -0.15) is 9.78 Å². The number of halogens is 2. The first-order valence-electron chi connectivity index (χ1n) is 11.8. The lowest BCUT2D eigenvalue weighted by Crippen LogP contribution is -2.25. The third-order valence-electron chi connectivity index (χ3n) is 6.30. The predicted molar refractivity (Wildman–Crippen MR) is 140 cm³/mol. The molecule has 0 saturated heterocycles. The van der Waals surface area contributed by atoms with Crippen molar-refractivity contribution in [3.05, 3.63) is 104 Å². The summed E-state index contributed by atoms with van der Waals surface area (Å²) in [4.78, 5) is 18.3. The van der Waals surface area contributed by atoms with Gasteiger partial charge in [-0.05, 0) is 78.6 Å². The summed E-state index contributed by atoms with van der Waals surface area (Å²) in [5.74, 6) is 1.34. The Morgan fingerprint density at radius 1 is 1.06 bits per heavy atom. The van der Waals surface area contributed by atoms with Crippen molar-refractivity contribution in [3.8, 4) is 5.75 Å². The summed E-state index contributed by atoms with van der Waals surface area (Å²) in [7, 11) is 0. The number of aromatic nitrogens is 2. The van der Waals surface area contributed by atoms with Crippen LogP contribution >= 0.6 is 15.9 Å². The van der Waals surface area contributed by atoms with E-state index >= 15 is 0 Å². The van der Waals surface area contributed by atoms with Gasteiger partial charge in [0, 0.05) is 10.4 Å². The minimum atomic E-state index is -0.281. The monoisotopic (exact) mass is 533 g/mol. The second kappa shape index (κ2) is 10.5. The number of ether oxygens (including phenoxy) is 1. The van der Waals surface area contributed by atoms with E-state index in [0.717, 1.165) is 47.1 Å². The van der Waals surface area contributed by atoms with Gasteiger partial charge < -0.3 is 4.74 Å². The molecule has 0 radical (unpaired) electrons. The van der Waals surface area contributed by atoms with Crippen LogP contribution in [-0.4, -0.2) is 15.9 Å². The molecule has 7 heteroatoms. The van der Waals surface area contributed by atoms with Gasteiger partial charge >= 0.3 is 0 Å². The molecule has 0 atom stereocenters. The second-order valence-electron chi connectivity index (χ2n) is 8.82. The van der Waals surface area contributed by atoms with Crippen LogP contribution in [0, 0.1) is 5.82 Å². The maximum absolute atomic E-state index is 13.4. The molecule has 1 aromatic heterocycles. The van der Waals surface area contributed by atoms with Crippen molar-refractivity contribution < 1.29 is 9.13 Å². The molecule has 35 heavy (non-hydrogen) atoms. The molecule has 5 nitrogen and oxygen atoms in total. The van der Waals surface area contributed by atoms with Crippen LogP contribution in [0.3, 0.4) is 0 Å². The maximum atomic E-state index is 13.4. The Balaban J connectivity index is 1.40. The van der Waals surface area contributed by atoms with Crippen LogP contribution in [0.15, 0.2) is 81.1 Å². The van der Waals surface area contributed by atoms with E-state index in [1.54, 1.807) is 18.3 Å². The average molecular weight is 534 g/mol. The SMILES string of the molecule is O=c1c2cc(Br)ccc2nc(C2CCCCC2)n1N=Cc1ccc(OCc2cccc(F)c2)cc1. The highest BCUT2D eigenvalue weighted by Crippen LogP contribution is 2.32. The Bertz CT molecular complexity index is 1430. The molecule has 0 bridgehead atoms. The van der Waals surface area contributed by atoms with Crippen LogP contribution in [-0.2, 0) is 6.61 Å². The molecule has 178 valence electrons. The van der Waals surface area contributed by atoms with E-state index in [1.165, 1.54) is 23.2 Å². The molecule has 0 N–H and O–H groups in total. The van der Waals surface area contributed by atoms with Crippen molar-refractivity contribution in [2.24, 2.45) is 5.10 Å². The molecule has 3 aromatic carbocycles. The Kier molecular flexibility index (Phi) is 7.04. The van der Waals surface area contributed by atoms with Crippen molar-refractivity contribution >= 4 is 33.0 Å². The summed E-state index contributed by atoms with van der Waals surface area (Å²) in [6, 6.07) is 19.4. The Morgan fingerprint density at radius 2 is 1.86 bits per heavy atom. The van der Waals surface area contributed by atoms with Gasteiger partial charge in [-0.25, -0.2) is 9.37 Å². The minimum absolute atomic E-state index is 0.164. The van der Waals surface area contributed by atoms with Crippen molar-refractivity contribution in [2.75, 3.05) is 0 Å². The van der Waals surface area contributed by atoms with Crippen LogP contribution in [0.1, 0.15) is 55.0 Å². The fourth-order valence-corrected chi connectivity index (χ4v) is 4.83. The van der Waals surface area contributed by atoms with Crippen LogP contribution in [0.25, 0.3) is 10.9 Å². The fourth-order valence-electron chi connectivity index (χ4n) is 4.47. The highest BCUT2D eigenvalue weighted by molar-refractivity contribution is 9.10. The molecule has 0 spiro atoms. The van der Waals surface area contributed by atoms with E-state index in [4.69, 9.17) is 9.72 Å². The third-order valence-corrected chi connectivity index (χ3v) is 6.79. The van der Waals surface area contributed by atoms with Crippen molar-refractivity contribution in [1.82, 2.24) is 9.66 Å². The lowest BCUT2D eigenvalue weighted by Gasteiger charge is -2.22. The number of benzene rings is 3. The lowest BCUT2D eigenvalue weighted by molar-refractivity contribution is 0.305. The topological polar surface area (TPSA) is 56.5 Å². The maximum Gasteiger partial charge on any atom is 0.282 e. The summed E-state index contributed by atoms with van der Waals surface area (Å²) in [6.07, 6.45) is 7.20. The van der Waals surface area contributed by atoms with Gasteiger partial charge in [-0.15, -0.1) is 0 Å². The molecule has 1 saturated carbocycles. The van der Waals surface area contributed by atoms with E-state index in [9.17, 15) is 9.18 Å². The molecular weight excluding hydrogens is 509 g/mol. The van der Waals surface area contributed by atoms with Crippen molar-refractivity contribution in [3.63, 3.8) is 0 Å². The second-order valence-corrected chi connectivity index (χ2v) is 9.73. The highest BCUT2D eigenvalue weighted by Gasteiger charge is 2.22. The number of fused-ring (bicyclic) bond motifs is 1. The number of nitrogens with zero attached hydrogens (tertiary/aromatic N) is 3. The molecule has 1 fully saturated rings. The van der Waals surface area contributed by atoms with Gasteiger partial charge in [-0.3, -0.25) is 4.79 Å². The molecule has 1 aliphatic rings. The Hall–Kier alpha value is -3.32. The third kappa shape index (κ3) is 5.51. The quantitative estimate of drug-likeness (QED) is 0.256. The first-order chi connectivity index (χ1) is 17.1. The van der Waals surface area contributed by atoms with Gasteiger partial charge in [0.25, 0.3) is 5.56 Å². The Morgan fingerprint density at radius 3 is 2.63 bits per heavy atom. The molecule has 1 aliphatic carbocycles. The molecule has 5 rings (SSSR count). The summed E-state index contributed by atoms with van der Waals surface area (Å²) >= 11 is 3.46. The van der Waals surface area contributed by atoms with Gasteiger partial charge in [0.2, 0.25) is 0 Å². The molecule has 0 unspecified atom stereocenters. The summed E-state index contributed by atoms with van der Waals surface area (Å²) in [5.41, 5.74) is 2.13. The molecule has 1 heterocycles. The normalized spacial score (nSPS) is 14.6. The lowest BCUT2D eigenvalue weighted by atomic mass is 9.88. The van der Waals surface area contributed by atoms with Gasteiger partial charge in [0.15, 0.2) is 0 Å². The molecular formula is C28H25BrFN3O2. The molecule has 4 aromatic rings. The highest BCUT2D eigenvalue weighted by atomic mass is 79.9.